The highest BCUT2D eigenvalue weighted by Crippen LogP contribution is 2.32. The van der Waals surface area contributed by atoms with Gasteiger partial charge in [0.15, 0.2) is 11.6 Å². The van der Waals surface area contributed by atoms with Crippen LogP contribution in [-0.2, 0) is 4.79 Å². The van der Waals surface area contributed by atoms with Crippen molar-refractivity contribution < 1.29 is 13.6 Å². The minimum absolute atomic E-state index is 0.197. The van der Waals surface area contributed by atoms with Gasteiger partial charge in [-0.25, -0.2) is 8.78 Å². The van der Waals surface area contributed by atoms with Crippen LogP contribution in [0.25, 0.3) is 6.08 Å². The van der Waals surface area contributed by atoms with Crippen LogP contribution in [-0.4, -0.2) is 21.7 Å². The summed E-state index contributed by atoms with van der Waals surface area (Å²) in [5.74, 6) is -2.04. The van der Waals surface area contributed by atoms with E-state index in [1.54, 1.807) is 0 Å². The standard InChI is InChI=1S/C12H9F2NOS2/c1-2-15-11(16)10(18-12(15)17)6-7-3-4-8(13)9(14)5-7/h3-6H,2H2,1H3. The molecular formula is C12H9F2NOS2. The molecule has 0 N–H and O–H groups in total. The van der Waals surface area contributed by atoms with E-state index in [9.17, 15) is 13.6 Å². The van der Waals surface area contributed by atoms with Crippen LogP contribution in [0, 0.1) is 11.6 Å². The average Bonchev–Trinajstić information content (AvgIpc) is 2.59. The van der Waals surface area contributed by atoms with Crippen LogP contribution in [0.2, 0.25) is 0 Å². The molecule has 0 atom stereocenters. The minimum Gasteiger partial charge on any atom is -0.293 e. The average molecular weight is 285 g/mol. The molecule has 1 heterocycles. The summed E-state index contributed by atoms with van der Waals surface area (Å²) in [6.07, 6.45) is 1.51. The lowest BCUT2D eigenvalue weighted by Gasteiger charge is -2.09. The highest BCUT2D eigenvalue weighted by Gasteiger charge is 2.30. The number of carbonyl (C=O) groups is 1. The maximum atomic E-state index is 13.0. The molecule has 6 heteroatoms. The predicted molar refractivity (Wildman–Crippen MR) is 71.9 cm³/mol. The molecule has 0 aliphatic carbocycles. The molecule has 1 saturated heterocycles. The molecule has 0 bridgehead atoms. The number of benzene rings is 1. The second kappa shape index (κ2) is 5.16. The second-order valence-corrected chi connectivity index (χ2v) is 5.28. The summed E-state index contributed by atoms with van der Waals surface area (Å²) in [5, 5.41) is 0. The van der Waals surface area contributed by atoms with Crippen molar-refractivity contribution in [3.05, 3.63) is 40.3 Å². The van der Waals surface area contributed by atoms with E-state index in [2.05, 4.69) is 0 Å². The predicted octanol–water partition coefficient (Wildman–Crippen LogP) is 3.19. The van der Waals surface area contributed by atoms with Crippen LogP contribution < -0.4 is 0 Å². The second-order valence-electron chi connectivity index (χ2n) is 3.60. The van der Waals surface area contributed by atoms with Gasteiger partial charge in [0, 0.05) is 6.54 Å². The van der Waals surface area contributed by atoms with Crippen molar-refractivity contribution in [3.8, 4) is 0 Å². The van der Waals surface area contributed by atoms with E-state index < -0.39 is 11.6 Å². The van der Waals surface area contributed by atoms with Gasteiger partial charge in [0.05, 0.1) is 4.91 Å². The van der Waals surface area contributed by atoms with Crippen molar-refractivity contribution in [1.82, 2.24) is 4.90 Å². The number of thiocarbonyl (C=S) groups is 1. The number of rotatable bonds is 2. The molecule has 0 aromatic heterocycles. The summed E-state index contributed by atoms with van der Waals surface area (Å²) < 4.78 is 26.3. The third-order valence-corrected chi connectivity index (χ3v) is 3.81. The molecule has 1 amide bonds. The Bertz CT molecular complexity index is 557. The molecular weight excluding hydrogens is 276 g/mol. The number of thioether (sulfide) groups is 1. The number of hydrogen-bond acceptors (Lipinski definition) is 3. The molecule has 1 fully saturated rings. The fourth-order valence-electron chi connectivity index (χ4n) is 1.53. The van der Waals surface area contributed by atoms with E-state index >= 15 is 0 Å². The first-order chi connectivity index (χ1) is 8.52. The molecule has 94 valence electrons. The molecule has 0 saturated carbocycles. The van der Waals surface area contributed by atoms with Gasteiger partial charge in [-0.15, -0.1) is 0 Å². The molecule has 0 unspecified atom stereocenters. The molecule has 2 rings (SSSR count). The summed E-state index contributed by atoms with van der Waals surface area (Å²) in [6, 6.07) is 3.49. The molecule has 0 radical (unpaired) electrons. The summed E-state index contributed by atoms with van der Waals surface area (Å²) in [6.45, 7) is 2.32. The van der Waals surface area contributed by atoms with Gasteiger partial charge in [-0.2, -0.15) is 0 Å². The van der Waals surface area contributed by atoms with Crippen LogP contribution in [0.15, 0.2) is 23.1 Å². The van der Waals surface area contributed by atoms with Gasteiger partial charge in [-0.3, -0.25) is 9.69 Å². The van der Waals surface area contributed by atoms with Crippen LogP contribution in [0.5, 0.6) is 0 Å². The lowest BCUT2D eigenvalue weighted by molar-refractivity contribution is -0.121. The minimum atomic E-state index is -0.935. The van der Waals surface area contributed by atoms with Crippen LogP contribution >= 0.6 is 24.0 Å². The van der Waals surface area contributed by atoms with Crippen molar-refractivity contribution in [2.75, 3.05) is 6.54 Å². The van der Waals surface area contributed by atoms with Crippen LogP contribution in [0.4, 0.5) is 8.78 Å². The number of nitrogens with zero attached hydrogens (tertiary/aromatic N) is 1. The first kappa shape index (κ1) is 13.2. The third kappa shape index (κ3) is 2.44. The number of hydrogen-bond donors (Lipinski definition) is 0. The van der Waals surface area contributed by atoms with E-state index in [1.165, 1.54) is 17.0 Å². The Morgan fingerprint density at radius 1 is 1.39 bits per heavy atom. The highest BCUT2D eigenvalue weighted by atomic mass is 32.2. The molecule has 1 aliphatic heterocycles. The SMILES string of the molecule is CCN1C(=O)C(=Cc2ccc(F)c(F)c2)SC1=S. The number of halogens is 2. The zero-order valence-electron chi connectivity index (χ0n) is 9.44. The fourth-order valence-corrected chi connectivity index (χ4v) is 2.91. The number of carbonyl (C=O) groups excluding carboxylic acids is 1. The number of likely N-dealkylation sites (N-methyl/N-ethyl adjacent to an activating group) is 1. The summed E-state index contributed by atoms with van der Waals surface area (Å²) in [5.41, 5.74) is 0.436. The Kier molecular flexibility index (Phi) is 3.77. The highest BCUT2D eigenvalue weighted by molar-refractivity contribution is 8.26. The Hall–Kier alpha value is -1.27. The molecule has 0 spiro atoms. The van der Waals surface area contributed by atoms with Crippen LogP contribution in [0.1, 0.15) is 12.5 Å². The van der Waals surface area contributed by atoms with E-state index in [0.717, 1.165) is 23.9 Å². The zero-order valence-corrected chi connectivity index (χ0v) is 11.1. The topological polar surface area (TPSA) is 20.3 Å². The van der Waals surface area contributed by atoms with Crippen molar-refractivity contribution in [2.24, 2.45) is 0 Å². The first-order valence-electron chi connectivity index (χ1n) is 5.23. The maximum absolute atomic E-state index is 13.0. The quantitative estimate of drug-likeness (QED) is 0.615. The fraction of sp³-hybridized carbons (Fsp3) is 0.167. The van der Waals surface area contributed by atoms with Gasteiger partial charge in [-0.05, 0) is 30.7 Å². The monoisotopic (exact) mass is 285 g/mol. The zero-order chi connectivity index (χ0) is 13.3. The van der Waals surface area contributed by atoms with Crippen molar-refractivity contribution in [2.45, 2.75) is 6.92 Å². The van der Waals surface area contributed by atoms with Gasteiger partial charge in [0.25, 0.3) is 5.91 Å². The summed E-state index contributed by atoms with van der Waals surface area (Å²) in [4.78, 5) is 13.8. The lowest BCUT2D eigenvalue weighted by atomic mass is 10.2. The van der Waals surface area contributed by atoms with Crippen molar-refractivity contribution >= 4 is 40.3 Å². The van der Waals surface area contributed by atoms with E-state index in [0.29, 0.717) is 21.3 Å². The van der Waals surface area contributed by atoms with E-state index in [1.807, 2.05) is 6.92 Å². The van der Waals surface area contributed by atoms with E-state index in [4.69, 9.17) is 12.2 Å². The Morgan fingerprint density at radius 2 is 2.11 bits per heavy atom. The molecule has 18 heavy (non-hydrogen) atoms. The molecule has 1 aromatic carbocycles. The smallest absolute Gasteiger partial charge is 0.266 e. The normalized spacial score (nSPS) is 17.9. The largest absolute Gasteiger partial charge is 0.293 e. The Morgan fingerprint density at radius 3 is 2.67 bits per heavy atom. The van der Waals surface area contributed by atoms with Crippen molar-refractivity contribution in [3.63, 3.8) is 0 Å². The van der Waals surface area contributed by atoms with E-state index in [-0.39, 0.29) is 5.91 Å². The van der Waals surface area contributed by atoms with Gasteiger partial charge < -0.3 is 0 Å². The van der Waals surface area contributed by atoms with Crippen molar-refractivity contribution in [1.29, 1.82) is 0 Å². The Balaban J connectivity index is 2.32. The molecule has 1 aliphatic rings. The number of amides is 1. The lowest BCUT2D eigenvalue weighted by Crippen LogP contribution is -2.27. The van der Waals surface area contributed by atoms with Gasteiger partial charge in [-0.1, -0.05) is 30.0 Å². The summed E-state index contributed by atoms with van der Waals surface area (Å²) in [7, 11) is 0. The van der Waals surface area contributed by atoms with Gasteiger partial charge >= 0.3 is 0 Å². The molecule has 2 nitrogen and oxygen atoms in total. The maximum Gasteiger partial charge on any atom is 0.266 e. The summed E-state index contributed by atoms with van der Waals surface area (Å²) >= 11 is 6.21. The Labute approximate surface area is 113 Å². The van der Waals surface area contributed by atoms with Crippen LogP contribution in [0.3, 0.4) is 0 Å². The van der Waals surface area contributed by atoms with Gasteiger partial charge in [0.1, 0.15) is 4.32 Å². The third-order valence-electron chi connectivity index (χ3n) is 2.43. The van der Waals surface area contributed by atoms with Gasteiger partial charge in [0.2, 0.25) is 0 Å². The molecule has 1 aromatic rings. The first-order valence-corrected chi connectivity index (χ1v) is 6.46.